The summed E-state index contributed by atoms with van der Waals surface area (Å²) in [6, 6.07) is 7.09. The number of carbonyl (C=O) groups is 1. The van der Waals surface area contributed by atoms with Gasteiger partial charge in [-0.15, -0.1) is 0 Å². The number of carbonyl (C=O) groups excluding carboxylic acids is 1. The standard InChI is InChI=1S/C11H15NO2/c1-9(13)8-12-7-6-10-2-4-11(14)5-3-10/h2-5,12,14H,6-8H2,1H3. The van der Waals surface area contributed by atoms with Gasteiger partial charge in [-0.1, -0.05) is 12.1 Å². The molecule has 0 aliphatic heterocycles. The first kappa shape index (κ1) is 10.7. The highest BCUT2D eigenvalue weighted by Gasteiger charge is 1.94. The molecule has 1 rings (SSSR count). The van der Waals surface area contributed by atoms with Crippen molar-refractivity contribution in [3.05, 3.63) is 29.8 Å². The number of nitrogens with one attached hydrogen (secondary N) is 1. The van der Waals surface area contributed by atoms with Gasteiger partial charge in [0.15, 0.2) is 0 Å². The molecule has 1 aromatic carbocycles. The lowest BCUT2D eigenvalue weighted by Gasteiger charge is -2.02. The third kappa shape index (κ3) is 4.05. The summed E-state index contributed by atoms with van der Waals surface area (Å²) >= 11 is 0. The van der Waals surface area contributed by atoms with Crippen molar-refractivity contribution < 1.29 is 9.90 Å². The van der Waals surface area contributed by atoms with Crippen LogP contribution in [0.2, 0.25) is 0 Å². The number of rotatable bonds is 5. The predicted octanol–water partition coefficient (Wildman–Crippen LogP) is 1.11. The van der Waals surface area contributed by atoms with Crippen molar-refractivity contribution in [2.45, 2.75) is 13.3 Å². The molecule has 0 aliphatic rings. The van der Waals surface area contributed by atoms with Gasteiger partial charge in [-0.2, -0.15) is 0 Å². The quantitative estimate of drug-likeness (QED) is 0.689. The zero-order valence-corrected chi connectivity index (χ0v) is 8.29. The Morgan fingerprint density at radius 3 is 2.57 bits per heavy atom. The summed E-state index contributed by atoms with van der Waals surface area (Å²) in [5.74, 6) is 0.432. The molecule has 0 spiro atoms. The molecule has 1 aromatic rings. The summed E-state index contributed by atoms with van der Waals surface area (Å²) in [4.78, 5) is 10.6. The van der Waals surface area contributed by atoms with Crippen molar-refractivity contribution in [2.24, 2.45) is 0 Å². The Balaban J connectivity index is 2.25. The Bertz CT molecular complexity index is 293. The van der Waals surface area contributed by atoms with Gasteiger partial charge in [-0.25, -0.2) is 0 Å². The number of hydrogen-bond donors (Lipinski definition) is 2. The van der Waals surface area contributed by atoms with E-state index < -0.39 is 0 Å². The van der Waals surface area contributed by atoms with E-state index in [9.17, 15) is 4.79 Å². The molecule has 0 fully saturated rings. The minimum atomic E-state index is 0.149. The zero-order valence-electron chi connectivity index (χ0n) is 8.29. The lowest BCUT2D eigenvalue weighted by Crippen LogP contribution is -2.23. The lowest BCUT2D eigenvalue weighted by molar-refractivity contribution is -0.116. The van der Waals surface area contributed by atoms with Crippen LogP contribution < -0.4 is 5.32 Å². The summed E-state index contributed by atoms with van der Waals surface area (Å²) in [5, 5.41) is 12.1. The highest BCUT2D eigenvalue weighted by molar-refractivity contribution is 5.77. The Morgan fingerprint density at radius 2 is 2.00 bits per heavy atom. The van der Waals surface area contributed by atoms with Crippen LogP contribution in [0.4, 0.5) is 0 Å². The highest BCUT2D eigenvalue weighted by Crippen LogP contribution is 2.09. The van der Waals surface area contributed by atoms with Crippen molar-refractivity contribution in [1.82, 2.24) is 5.32 Å². The van der Waals surface area contributed by atoms with Crippen LogP contribution in [-0.4, -0.2) is 24.0 Å². The van der Waals surface area contributed by atoms with Crippen molar-refractivity contribution in [2.75, 3.05) is 13.1 Å². The Hall–Kier alpha value is -1.35. The number of hydrogen-bond acceptors (Lipinski definition) is 3. The van der Waals surface area contributed by atoms with Crippen molar-refractivity contribution >= 4 is 5.78 Å². The van der Waals surface area contributed by atoms with E-state index in [4.69, 9.17) is 5.11 Å². The molecule has 0 amide bonds. The molecule has 14 heavy (non-hydrogen) atoms. The molecule has 0 bridgehead atoms. The van der Waals surface area contributed by atoms with Crippen LogP contribution in [0.15, 0.2) is 24.3 Å². The van der Waals surface area contributed by atoms with Crippen molar-refractivity contribution in [1.29, 1.82) is 0 Å². The lowest BCUT2D eigenvalue weighted by atomic mass is 10.1. The maximum absolute atomic E-state index is 10.6. The van der Waals surface area contributed by atoms with Crippen molar-refractivity contribution in [3.8, 4) is 5.75 Å². The normalized spacial score (nSPS) is 10.1. The van der Waals surface area contributed by atoms with Crippen LogP contribution in [0.1, 0.15) is 12.5 Å². The van der Waals surface area contributed by atoms with Gasteiger partial charge in [0.1, 0.15) is 11.5 Å². The molecule has 3 nitrogen and oxygen atoms in total. The van der Waals surface area contributed by atoms with Gasteiger partial charge < -0.3 is 10.4 Å². The van der Waals surface area contributed by atoms with Gasteiger partial charge in [-0.3, -0.25) is 4.79 Å². The summed E-state index contributed by atoms with van der Waals surface area (Å²) in [7, 11) is 0. The van der Waals surface area contributed by atoms with E-state index in [0.717, 1.165) is 18.5 Å². The fraction of sp³-hybridized carbons (Fsp3) is 0.364. The van der Waals surface area contributed by atoms with E-state index in [1.165, 1.54) is 0 Å². The minimum absolute atomic E-state index is 0.149. The summed E-state index contributed by atoms with van der Waals surface area (Å²) in [6.45, 7) is 2.77. The van der Waals surface area contributed by atoms with Gasteiger partial charge in [0, 0.05) is 0 Å². The van der Waals surface area contributed by atoms with Gasteiger partial charge >= 0.3 is 0 Å². The smallest absolute Gasteiger partial charge is 0.143 e. The van der Waals surface area contributed by atoms with Crippen LogP contribution in [-0.2, 0) is 11.2 Å². The molecule has 0 radical (unpaired) electrons. The van der Waals surface area contributed by atoms with Crippen molar-refractivity contribution in [3.63, 3.8) is 0 Å². The largest absolute Gasteiger partial charge is 0.508 e. The first-order chi connectivity index (χ1) is 6.68. The van der Waals surface area contributed by atoms with Crippen LogP contribution >= 0.6 is 0 Å². The molecule has 2 N–H and O–H groups in total. The second-order valence-corrected chi connectivity index (χ2v) is 3.30. The van der Waals surface area contributed by atoms with Gasteiger partial charge in [0.05, 0.1) is 6.54 Å². The number of benzene rings is 1. The second-order valence-electron chi connectivity index (χ2n) is 3.30. The van der Waals surface area contributed by atoms with Gasteiger partial charge in [0.2, 0.25) is 0 Å². The summed E-state index contributed by atoms with van der Waals surface area (Å²) < 4.78 is 0. The van der Waals surface area contributed by atoms with E-state index in [2.05, 4.69) is 5.32 Å². The van der Waals surface area contributed by atoms with Crippen LogP contribution in [0.3, 0.4) is 0 Å². The summed E-state index contributed by atoms with van der Waals surface area (Å²) in [5.41, 5.74) is 1.15. The number of phenols is 1. The first-order valence-electron chi connectivity index (χ1n) is 4.66. The predicted molar refractivity (Wildman–Crippen MR) is 55.4 cm³/mol. The number of Topliss-reactive ketones (excluding diaryl/α,β-unsaturated/α-hetero) is 1. The second kappa shape index (κ2) is 5.40. The topological polar surface area (TPSA) is 49.3 Å². The van der Waals surface area contributed by atoms with Gasteiger partial charge in [-0.05, 0) is 37.6 Å². The van der Waals surface area contributed by atoms with E-state index in [0.29, 0.717) is 6.54 Å². The maximum Gasteiger partial charge on any atom is 0.143 e. The zero-order chi connectivity index (χ0) is 10.4. The van der Waals surface area contributed by atoms with Crippen LogP contribution in [0, 0.1) is 0 Å². The SMILES string of the molecule is CC(=O)CNCCc1ccc(O)cc1. The molecule has 0 aromatic heterocycles. The van der Waals surface area contributed by atoms with Crippen LogP contribution in [0.5, 0.6) is 5.75 Å². The molecular formula is C11H15NO2. The fourth-order valence-electron chi connectivity index (χ4n) is 1.16. The Labute approximate surface area is 83.8 Å². The fourth-order valence-corrected chi connectivity index (χ4v) is 1.16. The number of phenolic OH excluding ortho intramolecular Hbond substituents is 1. The molecule has 0 aliphatic carbocycles. The molecular weight excluding hydrogens is 178 g/mol. The Kier molecular flexibility index (Phi) is 4.13. The molecule has 3 heteroatoms. The molecule has 0 atom stereocenters. The summed E-state index contributed by atoms with van der Waals surface area (Å²) in [6.07, 6.45) is 0.869. The van der Waals surface area contributed by atoms with Crippen LogP contribution in [0.25, 0.3) is 0 Å². The van der Waals surface area contributed by atoms with E-state index in [1.54, 1.807) is 19.1 Å². The first-order valence-corrected chi connectivity index (χ1v) is 4.66. The van der Waals surface area contributed by atoms with E-state index in [1.807, 2.05) is 12.1 Å². The molecule has 0 heterocycles. The van der Waals surface area contributed by atoms with E-state index in [-0.39, 0.29) is 11.5 Å². The highest BCUT2D eigenvalue weighted by atomic mass is 16.3. The maximum atomic E-state index is 10.6. The molecule has 0 saturated carbocycles. The van der Waals surface area contributed by atoms with E-state index >= 15 is 0 Å². The number of aromatic hydroxyl groups is 1. The molecule has 76 valence electrons. The number of ketones is 1. The monoisotopic (exact) mass is 193 g/mol. The average molecular weight is 193 g/mol. The third-order valence-electron chi connectivity index (χ3n) is 1.90. The molecule has 0 saturated heterocycles. The average Bonchev–Trinajstić information content (AvgIpc) is 2.15. The minimum Gasteiger partial charge on any atom is -0.508 e. The molecule has 0 unspecified atom stereocenters. The Morgan fingerprint density at radius 1 is 1.36 bits per heavy atom. The van der Waals surface area contributed by atoms with Gasteiger partial charge in [0.25, 0.3) is 0 Å². The third-order valence-corrected chi connectivity index (χ3v) is 1.90.